The highest BCUT2D eigenvalue weighted by Gasteiger charge is 2.21. The number of para-hydroxylation sites is 1. The Bertz CT molecular complexity index is 862. The number of thioether (sulfide) groups is 1. The molecule has 0 amide bonds. The number of fused-ring (bicyclic) bond motifs is 1. The largest absolute Gasteiger partial charge is 0.237 e. The number of nitrogens with zero attached hydrogens (tertiary/aromatic N) is 6. The van der Waals surface area contributed by atoms with Gasteiger partial charge in [-0.15, -0.1) is 10.2 Å². The van der Waals surface area contributed by atoms with E-state index in [2.05, 4.69) is 27.3 Å². The number of benzene rings is 1. The second-order valence-electron chi connectivity index (χ2n) is 5.07. The van der Waals surface area contributed by atoms with Crippen molar-refractivity contribution >= 4 is 17.5 Å². The van der Waals surface area contributed by atoms with Gasteiger partial charge in [-0.25, -0.2) is 4.68 Å². The predicted molar refractivity (Wildman–Crippen MR) is 85.7 cm³/mol. The molecule has 0 N–H and O–H groups in total. The molecule has 7 heteroatoms. The molecule has 4 rings (SSSR count). The molecule has 3 heterocycles. The van der Waals surface area contributed by atoms with Crippen molar-refractivity contribution in [2.75, 3.05) is 5.75 Å². The lowest BCUT2D eigenvalue weighted by Crippen LogP contribution is -2.14. The molecule has 0 bridgehead atoms. The second kappa shape index (κ2) is 5.10. The molecule has 1 aliphatic heterocycles. The van der Waals surface area contributed by atoms with Crippen molar-refractivity contribution in [2.24, 2.45) is 5.10 Å². The van der Waals surface area contributed by atoms with Crippen molar-refractivity contribution < 1.29 is 0 Å². The SMILES string of the molecule is Cc1c(C2=Nn3c(C)nnc3SC2)cnn1-c1ccccc1. The third-order valence-electron chi connectivity index (χ3n) is 3.65. The van der Waals surface area contributed by atoms with Crippen molar-refractivity contribution in [1.29, 1.82) is 0 Å². The summed E-state index contributed by atoms with van der Waals surface area (Å²) in [6.45, 7) is 3.97. The molecule has 0 fully saturated rings. The van der Waals surface area contributed by atoms with E-state index in [-0.39, 0.29) is 0 Å². The van der Waals surface area contributed by atoms with Crippen molar-refractivity contribution in [1.82, 2.24) is 24.7 Å². The molecule has 0 radical (unpaired) electrons. The molecule has 0 aliphatic carbocycles. The van der Waals surface area contributed by atoms with Gasteiger partial charge >= 0.3 is 0 Å². The fourth-order valence-corrected chi connectivity index (χ4v) is 3.35. The van der Waals surface area contributed by atoms with Gasteiger partial charge in [0.15, 0.2) is 5.82 Å². The van der Waals surface area contributed by atoms with Crippen LogP contribution in [0.3, 0.4) is 0 Å². The molecular weight excluding hydrogens is 296 g/mol. The minimum atomic E-state index is 0.777. The Morgan fingerprint density at radius 1 is 1.09 bits per heavy atom. The number of hydrogen-bond donors (Lipinski definition) is 0. The first-order valence-electron chi connectivity index (χ1n) is 6.97. The molecule has 2 aromatic heterocycles. The van der Waals surface area contributed by atoms with Gasteiger partial charge in [0.1, 0.15) is 0 Å². The Labute approximate surface area is 131 Å². The molecule has 110 valence electrons. The number of aromatic nitrogens is 5. The van der Waals surface area contributed by atoms with Crippen LogP contribution in [0, 0.1) is 13.8 Å². The van der Waals surface area contributed by atoms with Crippen molar-refractivity contribution in [2.45, 2.75) is 19.0 Å². The highest BCUT2D eigenvalue weighted by molar-refractivity contribution is 7.99. The van der Waals surface area contributed by atoms with E-state index >= 15 is 0 Å². The van der Waals surface area contributed by atoms with Crippen molar-refractivity contribution in [3.8, 4) is 5.69 Å². The lowest BCUT2D eigenvalue weighted by molar-refractivity contribution is 0.734. The first kappa shape index (κ1) is 13.3. The summed E-state index contributed by atoms with van der Waals surface area (Å²) in [5.41, 5.74) is 4.20. The predicted octanol–water partition coefficient (Wildman–Crippen LogP) is 2.44. The van der Waals surface area contributed by atoms with Crippen LogP contribution in [0.4, 0.5) is 0 Å². The fourth-order valence-electron chi connectivity index (χ4n) is 2.48. The molecule has 6 nitrogen and oxygen atoms in total. The average molecular weight is 310 g/mol. The van der Waals surface area contributed by atoms with E-state index in [0.29, 0.717) is 0 Å². The maximum absolute atomic E-state index is 4.68. The van der Waals surface area contributed by atoms with Gasteiger partial charge in [-0.2, -0.15) is 14.9 Å². The van der Waals surface area contributed by atoms with E-state index in [1.54, 1.807) is 16.4 Å². The summed E-state index contributed by atoms with van der Waals surface area (Å²) in [7, 11) is 0. The van der Waals surface area contributed by atoms with Gasteiger partial charge in [0, 0.05) is 11.3 Å². The van der Waals surface area contributed by atoms with E-state index in [1.165, 1.54) is 0 Å². The van der Waals surface area contributed by atoms with Gasteiger partial charge in [0.25, 0.3) is 0 Å². The van der Waals surface area contributed by atoms with E-state index < -0.39 is 0 Å². The summed E-state index contributed by atoms with van der Waals surface area (Å²) in [5.74, 6) is 1.58. The number of rotatable bonds is 2. The fraction of sp³-hybridized carbons (Fsp3) is 0.200. The molecule has 0 atom stereocenters. The zero-order valence-corrected chi connectivity index (χ0v) is 13.1. The molecular formula is C15H14N6S. The Balaban J connectivity index is 1.78. The lowest BCUT2D eigenvalue weighted by Gasteiger charge is -2.13. The van der Waals surface area contributed by atoms with Crippen LogP contribution < -0.4 is 0 Å². The third-order valence-corrected chi connectivity index (χ3v) is 4.58. The van der Waals surface area contributed by atoms with Gasteiger partial charge < -0.3 is 0 Å². The molecule has 0 saturated heterocycles. The summed E-state index contributed by atoms with van der Waals surface area (Å²) in [4.78, 5) is 0. The summed E-state index contributed by atoms with van der Waals surface area (Å²) in [6.07, 6.45) is 1.88. The maximum Gasteiger partial charge on any atom is 0.212 e. The topological polar surface area (TPSA) is 60.9 Å². The Morgan fingerprint density at radius 2 is 1.91 bits per heavy atom. The van der Waals surface area contributed by atoms with Crippen LogP contribution in [0.15, 0.2) is 46.8 Å². The maximum atomic E-state index is 4.68. The summed E-state index contributed by atoms with van der Waals surface area (Å²) >= 11 is 1.65. The average Bonchev–Trinajstić information content (AvgIpc) is 3.11. The summed E-state index contributed by atoms with van der Waals surface area (Å²) in [6, 6.07) is 10.1. The van der Waals surface area contributed by atoms with Crippen LogP contribution in [0.1, 0.15) is 17.1 Å². The van der Waals surface area contributed by atoms with E-state index in [4.69, 9.17) is 0 Å². The Morgan fingerprint density at radius 3 is 2.73 bits per heavy atom. The van der Waals surface area contributed by atoms with Gasteiger partial charge in [-0.3, -0.25) is 0 Å². The molecule has 0 unspecified atom stereocenters. The zero-order chi connectivity index (χ0) is 15.1. The van der Waals surface area contributed by atoms with Crippen LogP contribution in [-0.2, 0) is 0 Å². The zero-order valence-electron chi connectivity index (χ0n) is 12.3. The van der Waals surface area contributed by atoms with Crippen molar-refractivity contribution in [3.05, 3.63) is 53.6 Å². The Hall–Kier alpha value is -2.41. The second-order valence-corrected chi connectivity index (χ2v) is 6.01. The van der Waals surface area contributed by atoms with E-state index in [1.807, 2.05) is 48.1 Å². The smallest absolute Gasteiger partial charge is 0.212 e. The Kier molecular flexibility index (Phi) is 3.07. The minimum Gasteiger partial charge on any atom is -0.237 e. The third kappa shape index (κ3) is 2.05. The molecule has 3 aromatic rings. The van der Waals surface area contributed by atoms with Gasteiger partial charge in [0.2, 0.25) is 5.16 Å². The van der Waals surface area contributed by atoms with Crippen LogP contribution in [-0.4, -0.2) is 36.1 Å². The number of hydrogen-bond acceptors (Lipinski definition) is 5. The van der Waals surface area contributed by atoms with Crippen molar-refractivity contribution in [3.63, 3.8) is 0 Å². The summed E-state index contributed by atoms with van der Waals surface area (Å²) in [5, 5.41) is 18.2. The molecule has 1 aliphatic rings. The highest BCUT2D eigenvalue weighted by atomic mass is 32.2. The van der Waals surface area contributed by atoms with Crippen LogP contribution in [0.25, 0.3) is 5.69 Å². The van der Waals surface area contributed by atoms with Crippen LogP contribution in [0.2, 0.25) is 0 Å². The van der Waals surface area contributed by atoms with Gasteiger partial charge in [0.05, 0.1) is 23.3 Å². The van der Waals surface area contributed by atoms with E-state index in [9.17, 15) is 0 Å². The first-order valence-corrected chi connectivity index (χ1v) is 7.95. The van der Waals surface area contributed by atoms with Gasteiger partial charge in [-0.05, 0) is 26.0 Å². The van der Waals surface area contributed by atoms with Gasteiger partial charge in [-0.1, -0.05) is 30.0 Å². The lowest BCUT2D eigenvalue weighted by atomic mass is 10.2. The monoisotopic (exact) mass is 310 g/mol. The molecule has 1 aromatic carbocycles. The molecule has 22 heavy (non-hydrogen) atoms. The quantitative estimate of drug-likeness (QED) is 0.729. The number of aryl methyl sites for hydroxylation is 1. The van der Waals surface area contributed by atoms with Crippen LogP contribution in [0.5, 0.6) is 0 Å². The first-order chi connectivity index (χ1) is 10.7. The normalized spacial score (nSPS) is 13.8. The van der Waals surface area contributed by atoms with Crippen LogP contribution >= 0.6 is 11.8 Å². The van der Waals surface area contributed by atoms with E-state index in [0.717, 1.165) is 39.4 Å². The highest BCUT2D eigenvalue weighted by Crippen LogP contribution is 2.25. The molecule has 0 spiro atoms. The standard InChI is InChI=1S/C15H14N6S/c1-10-13(8-16-20(10)12-6-4-3-5-7-12)14-9-22-15-18-17-11(2)21(15)19-14/h3-8H,9H2,1-2H3. The minimum absolute atomic E-state index is 0.777. The summed E-state index contributed by atoms with van der Waals surface area (Å²) < 4.78 is 3.74. The molecule has 0 saturated carbocycles.